The number of rotatable bonds is 4. The van der Waals surface area contributed by atoms with Crippen molar-refractivity contribution in [2.75, 3.05) is 11.9 Å². The molecule has 0 saturated heterocycles. The predicted molar refractivity (Wildman–Crippen MR) is 75.9 cm³/mol. The molecule has 0 fully saturated rings. The van der Waals surface area contributed by atoms with Crippen molar-refractivity contribution >= 4 is 17.3 Å². The third-order valence-corrected chi connectivity index (χ3v) is 3.39. The zero-order chi connectivity index (χ0) is 14.8. The highest BCUT2D eigenvalue weighted by Crippen LogP contribution is 2.27. The van der Waals surface area contributed by atoms with Crippen molar-refractivity contribution in [1.29, 1.82) is 0 Å². The number of hydrogen-bond donors (Lipinski definition) is 2. The summed E-state index contributed by atoms with van der Waals surface area (Å²) in [4.78, 5) is 0. The van der Waals surface area contributed by atoms with Gasteiger partial charge < -0.3 is 10.4 Å². The molecule has 20 heavy (non-hydrogen) atoms. The van der Waals surface area contributed by atoms with Crippen molar-refractivity contribution < 1.29 is 13.9 Å². The molecule has 0 aliphatic carbocycles. The second kappa shape index (κ2) is 5.77. The molecule has 0 heterocycles. The number of anilines is 1. The molecule has 1 unspecified atom stereocenters. The van der Waals surface area contributed by atoms with E-state index in [9.17, 15) is 13.9 Å². The highest BCUT2D eigenvalue weighted by atomic mass is 35.5. The Morgan fingerprint density at radius 2 is 1.75 bits per heavy atom. The number of benzene rings is 2. The molecule has 5 heteroatoms. The van der Waals surface area contributed by atoms with Gasteiger partial charge in [-0.1, -0.05) is 17.7 Å². The number of hydrogen-bond acceptors (Lipinski definition) is 2. The van der Waals surface area contributed by atoms with E-state index in [-0.39, 0.29) is 6.61 Å². The summed E-state index contributed by atoms with van der Waals surface area (Å²) in [5.74, 6) is -1.86. The minimum atomic E-state index is -0.944. The monoisotopic (exact) mass is 297 g/mol. The van der Waals surface area contributed by atoms with Crippen molar-refractivity contribution in [3.8, 4) is 0 Å². The van der Waals surface area contributed by atoms with Crippen LogP contribution in [0.3, 0.4) is 0 Å². The standard InChI is InChI=1S/C15H14ClF2NO/c1-15(9-20,10-2-7-13(17)14(18)8-10)19-12-5-3-11(16)4-6-12/h2-8,19-20H,9H2,1H3. The maximum absolute atomic E-state index is 13.3. The molecule has 0 bridgehead atoms. The summed E-state index contributed by atoms with van der Waals surface area (Å²) in [6.07, 6.45) is 0. The van der Waals surface area contributed by atoms with Gasteiger partial charge in [0.05, 0.1) is 12.1 Å². The molecule has 1 atom stereocenters. The van der Waals surface area contributed by atoms with Gasteiger partial charge in [0.25, 0.3) is 0 Å². The quantitative estimate of drug-likeness (QED) is 0.896. The topological polar surface area (TPSA) is 32.3 Å². The van der Waals surface area contributed by atoms with Crippen molar-refractivity contribution in [3.05, 3.63) is 64.7 Å². The lowest BCUT2D eigenvalue weighted by atomic mass is 9.92. The smallest absolute Gasteiger partial charge is 0.159 e. The lowest BCUT2D eigenvalue weighted by Crippen LogP contribution is -2.36. The molecule has 0 saturated carbocycles. The van der Waals surface area contributed by atoms with Crippen LogP contribution in [0, 0.1) is 11.6 Å². The van der Waals surface area contributed by atoms with E-state index >= 15 is 0 Å². The first-order valence-corrected chi connectivity index (χ1v) is 6.42. The Hall–Kier alpha value is -1.65. The average molecular weight is 298 g/mol. The first-order chi connectivity index (χ1) is 9.44. The molecule has 0 aromatic heterocycles. The largest absolute Gasteiger partial charge is 0.394 e. The molecule has 2 nitrogen and oxygen atoms in total. The van der Waals surface area contributed by atoms with Gasteiger partial charge >= 0.3 is 0 Å². The van der Waals surface area contributed by atoms with E-state index in [1.165, 1.54) is 6.07 Å². The summed E-state index contributed by atoms with van der Waals surface area (Å²) in [5.41, 5.74) is 0.243. The van der Waals surface area contributed by atoms with Crippen LogP contribution in [0.5, 0.6) is 0 Å². The van der Waals surface area contributed by atoms with Gasteiger partial charge in [0, 0.05) is 10.7 Å². The van der Waals surface area contributed by atoms with E-state index in [2.05, 4.69) is 5.32 Å². The zero-order valence-electron chi connectivity index (χ0n) is 10.8. The Bertz CT molecular complexity index is 603. The van der Waals surface area contributed by atoms with Crippen LogP contribution in [0.1, 0.15) is 12.5 Å². The summed E-state index contributed by atoms with van der Waals surface area (Å²) < 4.78 is 26.3. The lowest BCUT2D eigenvalue weighted by Gasteiger charge is -2.30. The Balaban J connectivity index is 2.32. The Morgan fingerprint density at radius 1 is 1.10 bits per heavy atom. The molecule has 2 rings (SSSR count). The van der Waals surface area contributed by atoms with Crippen LogP contribution < -0.4 is 5.32 Å². The number of nitrogens with one attached hydrogen (secondary N) is 1. The van der Waals surface area contributed by atoms with Gasteiger partial charge in [-0.05, 0) is 48.9 Å². The maximum Gasteiger partial charge on any atom is 0.159 e. The van der Waals surface area contributed by atoms with Crippen molar-refractivity contribution in [2.45, 2.75) is 12.5 Å². The SMILES string of the molecule is CC(CO)(Nc1ccc(Cl)cc1)c1ccc(F)c(F)c1. The van der Waals surface area contributed by atoms with Gasteiger partial charge in [-0.3, -0.25) is 0 Å². The van der Waals surface area contributed by atoms with Crippen molar-refractivity contribution in [1.82, 2.24) is 0 Å². The maximum atomic E-state index is 13.3. The Labute approximate surface area is 121 Å². The zero-order valence-corrected chi connectivity index (χ0v) is 11.6. The number of aliphatic hydroxyl groups is 1. The summed E-state index contributed by atoms with van der Waals surface area (Å²) in [5, 5.41) is 13.3. The van der Waals surface area contributed by atoms with Crippen LogP contribution in [-0.2, 0) is 5.54 Å². The van der Waals surface area contributed by atoms with E-state index in [4.69, 9.17) is 11.6 Å². The molecule has 0 amide bonds. The van der Waals surface area contributed by atoms with Crippen LogP contribution in [0.25, 0.3) is 0 Å². The van der Waals surface area contributed by atoms with Crippen LogP contribution >= 0.6 is 11.6 Å². The van der Waals surface area contributed by atoms with Crippen LogP contribution in [0.2, 0.25) is 5.02 Å². The van der Waals surface area contributed by atoms with Gasteiger partial charge in [0.15, 0.2) is 11.6 Å². The van der Waals surface area contributed by atoms with Crippen molar-refractivity contribution in [2.24, 2.45) is 0 Å². The molecule has 2 N–H and O–H groups in total. The predicted octanol–water partition coefficient (Wildman–Crippen LogP) is 3.94. The minimum absolute atomic E-state index is 0.277. The molecule has 106 valence electrons. The highest BCUT2D eigenvalue weighted by Gasteiger charge is 2.26. The van der Waals surface area contributed by atoms with Gasteiger partial charge in [0.2, 0.25) is 0 Å². The van der Waals surface area contributed by atoms with E-state index in [0.29, 0.717) is 10.6 Å². The van der Waals surface area contributed by atoms with Gasteiger partial charge in [0.1, 0.15) is 0 Å². The second-order valence-corrected chi connectivity index (χ2v) is 5.19. The fourth-order valence-corrected chi connectivity index (χ4v) is 2.02. The molecular weight excluding hydrogens is 284 g/mol. The molecular formula is C15H14ClF2NO. The normalized spacial score (nSPS) is 13.8. The summed E-state index contributed by atoms with van der Waals surface area (Å²) in [6, 6.07) is 10.5. The van der Waals surface area contributed by atoms with E-state index in [1.54, 1.807) is 31.2 Å². The molecule has 0 radical (unpaired) electrons. The lowest BCUT2D eigenvalue weighted by molar-refractivity contribution is 0.223. The van der Waals surface area contributed by atoms with E-state index < -0.39 is 17.2 Å². The van der Waals surface area contributed by atoms with Gasteiger partial charge in [-0.25, -0.2) is 8.78 Å². The summed E-state index contributed by atoms with van der Waals surface area (Å²) in [6.45, 7) is 1.43. The fourth-order valence-electron chi connectivity index (χ4n) is 1.89. The van der Waals surface area contributed by atoms with E-state index in [0.717, 1.165) is 17.8 Å². The fraction of sp³-hybridized carbons (Fsp3) is 0.200. The number of halogens is 3. The van der Waals surface area contributed by atoms with Crippen LogP contribution in [0.4, 0.5) is 14.5 Å². The molecule has 0 spiro atoms. The summed E-state index contributed by atoms with van der Waals surface area (Å²) >= 11 is 5.80. The van der Waals surface area contributed by atoms with Crippen LogP contribution in [-0.4, -0.2) is 11.7 Å². The van der Waals surface area contributed by atoms with Crippen molar-refractivity contribution in [3.63, 3.8) is 0 Å². The molecule has 2 aromatic carbocycles. The molecule has 0 aliphatic heterocycles. The molecule has 2 aromatic rings. The van der Waals surface area contributed by atoms with Crippen LogP contribution in [0.15, 0.2) is 42.5 Å². The third kappa shape index (κ3) is 3.08. The summed E-state index contributed by atoms with van der Waals surface area (Å²) in [7, 11) is 0. The first kappa shape index (κ1) is 14.8. The minimum Gasteiger partial charge on any atom is -0.394 e. The van der Waals surface area contributed by atoms with Gasteiger partial charge in [-0.2, -0.15) is 0 Å². The number of aliphatic hydroxyl groups excluding tert-OH is 1. The third-order valence-electron chi connectivity index (χ3n) is 3.14. The average Bonchev–Trinajstić information content (AvgIpc) is 2.44. The second-order valence-electron chi connectivity index (χ2n) is 4.75. The van der Waals surface area contributed by atoms with E-state index in [1.807, 2.05) is 0 Å². The molecule has 0 aliphatic rings. The van der Waals surface area contributed by atoms with Gasteiger partial charge in [-0.15, -0.1) is 0 Å². The Kier molecular flexibility index (Phi) is 4.26. The highest BCUT2D eigenvalue weighted by molar-refractivity contribution is 6.30. The first-order valence-electron chi connectivity index (χ1n) is 6.05. The Morgan fingerprint density at radius 3 is 2.30 bits per heavy atom.